The number of aromatic nitrogens is 2. The zero-order valence-electron chi connectivity index (χ0n) is 17.2. The zero-order chi connectivity index (χ0) is 22.7. The topological polar surface area (TPSA) is 87.8 Å². The molecule has 2 aromatic heterocycles. The van der Waals surface area contributed by atoms with E-state index in [9.17, 15) is 18.4 Å². The molecule has 3 rings (SSSR count). The first-order valence-electron chi connectivity index (χ1n) is 9.50. The summed E-state index contributed by atoms with van der Waals surface area (Å²) in [5.41, 5.74) is 1.14. The van der Waals surface area contributed by atoms with Crippen molar-refractivity contribution in [2.45, 2.75) is 26.3 Å². The van der Waals surface area contributed by atoms with Gasteiger partial charge < -0.3 is 9.88 Å². The van der Waals surface area contributed by atoms with E-state index in [2.05, 4.69) is 10.3 Å². The van der Waals surface area contributed by atoms with E-state index < -0.39 is 23.8 Å². The molecule has 1 unspecified atom stereocenters. The standard InChI is InChI=1S/C23H20F2N4O2/c1-13(19-8-7-15(10-26)11-28-19)29-12-18(23(31)27-3)21(30)20(14(29)2)16-5-4-6-17(9-16)22(24)25/h4-9,11-13,22H,1-3H3,(H,27,31). The number of hydrogen-bond donors (Lipinski definition) is 1. The summed E-state index contributed by atoms with van der Waals surface area (Å²) >= 11 is 0. The van der Waals surface area contributed by atoms with Gasteiger partial charge in [0.2, 0.25) is 5.43 Å². The number of nitrogens with zero attached hydrogens (tertiary/aromatic N) is 3. The average molecular weight is 422 g/mol. The van der Waals surface area contributed by atoms with Crippen molar-refractivity contribution in [2.75, 3.05) is 7.05 Å². The SMILES string of the molecule is CNC(=O)c1cn(C(C)c2ccc(C#N)cn2)c(C)c(-c2cccc(C(F)F)c2)c1=O. The van der Waals surface area contributed by atoms with Crippen molar-refractivity contribution in [1.29, 1.82) is 5.26 Å². The largest absolute Gasteiger partial charge is 0.355 e. The predicted molar refractivity (Wildman–Crippen MR) is 112 cm³/mol. The van der Waals surface area contributed by atoms with Crippen LogP contribution in [0.5, 0.6) is 0 Å². The van der Waals surface area contributed by atoms with Crippen molar-refractivity contribution in [3.05, 3.63) is 87.1 Å². The number of carbonyl (C=O) groups is 1. The van der Waals surface area contributed by atoms with Crippen LogP contribution in [0, 0.1) is 18.3 Å². The zero-order valence-corrected chi connectivity index (χ0v) is 17.2. The minimum Gasteiger partial charge on any atom is -0.355 e. The van der Waals surface area contributed by atoms with Crippen LogP contribution in [0.15, 0.2) is 53.6 Å². The van der Waals surface area contributed by atoms with Crippen LogP contribution in [0.4, 0.5) is 8.78 Å². The Morgan fingerprint density at radius 2 is 2.00 bits per heavy atom. The number of pyridine rings is 2. The highest BCUT2D eigenvalue weighted by molar-refractivity contribution is 5.95. The third-order valence-electron chi connectivity index (χ3n) is 5.15. The monoisotopic (exact) mass is 422 g/mol. The quantitative estimate of drug-likeness (QED) is 0.673. The Kier molecular flexibility index (Phi) is 6.25. The lowest BCUT2D eigenvalue weighted by Gasteiger charge is -2.22. The van der Waals surface area contributed by atoms with Gasteiger partial charge in [-0.3, -0.25) is 14.6 Å². The molecule has 0 radical (unpaired) electrons. The van der Waals surface area contributed by atoms with Crippen molar-refractivity contribution < 1.29 is 13.6 Å². The van der Waals surface area contributed by atoms with E-state index in [-0.39, 0.29) is 16.7 Å². The van der Waals surface area contributed by atoms with E-state index in [0.717, 1.165) is 0 Å². The second kappa shape index (κ2) is 8.88. The van der Waals surface area contributed by atoms with Gasteiger partial charge in [0.1, 0.15) is 11.6 Å². The van der Waals surface area contributed by atoms with Crippen LogP contribution in [0.2, 0.25) is 0 Å². The molecular formula is C23H20F2N4O2. The molecule has 3 aromatic rings. The molecule has 1 aromatic carbocycles. The van der Waals surface area contributed by atoms with Gasteiger partial charge >= 0.3 is 0 Å². The number of rotatable bonds is 5. The molecule has 0 saturated carbocycles. The lowest BCUT2D eigenvalue weighted by molar-refractivity contribution is 0.0961. The van der Waals surface area contributed by atoms with E-state index in [4.69, 9.17) is 5.26 Å². The summed E-state index contributed by atoms with van der Waals surface area (Å²) in [4.78, 5) is 29.9. The van der Waals surface area contributed by atoms with Gasteiger partial charge in [-0.05, 0) is 37.6 Å². The van der Waals surface area contributed by atoms with Gasteiger partial charge in [0.15, 0.2) is 0 Å². The van der Waals surface area contributed by atoms with Gasteiger partial charge in [-0.25, -0.2) is 8.78 Å². The molecule has 31 heavy (non-hydrogen) atoms. The summed E-state index contributed by atoms with van der Waals surface area (Å²) < 4.78 is 28.2. The molecule has 1 atom stereocenters. The molecule has 0 spiro atoms. The second-order valence-corrected chi connectivity index (χ2v) is 7.00. The van der Waals surface area contributed by atoms with Gasteiger partial charge in [-0.15, -0.1) is 0 Å². The van der Waals surface area contributed by atoms with Crippen molar-refractivity contribution in [1.82, 2.24) is 14.9 Å². The third-order valence-corrected chi connectivity index (χ3v) is 5.15. The first-order chi connectivity index (χ1) is 14.8. The summed E-state index contributed by atoms with van der Waals surface area (Å²) in [6, 6.07) is 10.5. The van der Waals surface area contributed by atoms with E-state index in [1.165, 1.54) is 37.6 Å². The Morgan fingerprint density at radius 1 is 1.26 bits per heavy atom. The predicted octanol–water partition coefficient (Wildman–Crippen LogP) is 4.00. The number of alkyl halides is 2. The highest BCUT2D eigenvalue weighted by Crippen LogP contribution is 2.28. The molecule has 6 nitrogen and oxygen atoms in total. The number of hydrogen-bond acceptors (Lipinski definition) is 4. The summed E-state index contributed by atoms with van der Waals surface area (Å²) in [6.45, 7) is 3.53. The summed E-state index contributed by atoms with van der Waals surface area (Å²) in [5.74, 6) is -0.579. The fourth-order valence-corrected chi connectivity index (χ4v) is 3.45. The fourth-order valence-electron chi connectivity index (χ4n) is 3.45. The van der Waals surface area contributed by atoms with E-state index in [1.54, 1.807) is 29.7 Å². The Morgan fingerprint density at radius 3 is 2.58 bits per heavy atom. The van der Waals surface area contributed by atoms with Crippen LogP contribution < -0.4 is 10.7 Å². The molecule has 0 aliphatic rings. The molecular weight excluding hydrogens is 402 g/mol. The average Bonchev–Trinajstić information content (AvgIpc) is 2.78. The van der Waals surface area contributed by atoms with Crippen molar-refractivity contribution in [2.24, 2.45) is 0 Å². The Hall–Kier alpha value is -3.86. The van der Waals surface area contributed by atoms with E-state index in [1.807, 2.05) is 13.0 Å². The minimum absolute atomic E-state index is 0.106. The first-order valence-corrected chi connectivity index (χ1v) is 9.50. The van der Waals surface area contributed by atoms with Crippen LogP contribution in [0.3, 0.4) is 0 Å². The molecule has 158 valence electrons. The van der Waals surface area contributed by atoms with Gasteiger partial charge in [-0.2, -0.15) is 5.26 Å². The maximum atomic E-state index is 13.2. The summed E-state index contributed by atoms with van der Waals surface area (Å²) in [7, 11) is 1.41. The maximum Gasteiger partial charge on any atom is 0.263 e. The lowest BCUT2D eigenvalue weighted by Crippen LogP contribution is -2.29. The molecule has 2 heterocycles. The maximum absolute atomic E-state index is 13.2. The van der Waals surface area contributed by atoms with Crippen molar-refractivity contribution >= 4 is 5.91 Å². The number of halogens is 2. The van der Waals surface area contributed by atoms with Crippen LogP contribution in [-0.4, -0.2) is 22.5 Å². The first kappa shape index (κ1) is 21.8. The third kappa shape index (κ3) is 4.21. The minimum atomic E-state index is -2.69. The Balaban J connectivity index is 2.26. The van der Waals surface area contributed by atoms with E-state index >= 15 is 0 Å². The molecule has 1 amide bonds. The second-order valence-electron chi connectivity index (χ2n) is 7.00. The molecule has 0 bridgehead atoms. The highest BCUT2D eigenvalue weighted by Gasteiger charge is 2.22. The van der Waals surface area contributed by atoms with Crippen LogP contribution in [-0.2, 0) is 0 Å². The number of carbonyl (C=O) groups excluding carboxylic acids is 1. The lowest BCUT2D eigenvalue weighted by atomic mass is 9.98. The van der Waals surface area contributed by atoms with E-state index in [0.29, 0.717) is 22.5 Å². The van der Waals surface area contributed by atoms with Gasteiger partial charge in [0.05, 0.1) is 17.3 Å². The highest BCUT2D eigenvalue weighted by atomic mass is 19.3. The van der Waals surface area contributed by atoms with Crippen molar-refractivity contribution in [3.8, 4) is 17.2 Å². The molecule has 1 N–H and O–H groups in total. The van der Waals surface area contributed by atoms with Gasteiger partial charge in [0, 0.05) is 36.3 Å². The van der Waals surface area contributed by atoms with Crippen LogP contribution in [0.25, 0.3) is 11.1 Å². The molecule has 0 aliphatic carbocycles. The summed E-state index contributed by atoms with van der Waals surface area (Å²) in [6.07, 6.45) is 0.198. The molecule has 0 saturated heterocycles. The fraction of sp³-hybridized carbons (Fsp3) is 0.217. The molecule has 0 aliphatic heterocycles. The van der Waals surface area contributed by atoms with Gasteiger partial charge in [-0.1, -0.05) is 18.2 Å². The molecule has 8 heteroatoms. The number of nitriles is 1. The smallest absolute Gasteiger partial charge is 0.263 e. The number of amides is 1. The number of benzene rings is 1. The Labute approximate surface area is 177 Å². The summed E-state index contributed by atoms with van der Waals surface area (Å²) in [5, 5.41) is 11.4. The van der Waals surface area contributed by atoms with Crippen LogP contribution >= 0.6 is 0 Å². The number of nitrogens with one attached hydrogen (secondary N) is 1. The van der Waals surface area contributed by atoms with Crippen LogP contribution in [0.1, 0.15) is 52.3 Å². The van der Waals surface area contributed by atoms with Gasteiger partial charge in [0.25, 0.3) is 12.3 Å². The Bertz CT molecular complexity index is 1230. The normalized spacial score (nSPS) is 11.8. The molecule has 0 fully saturated rings. The van der Waals surface area contributed by atoms with Crippen molar-refractivity contribution in [3.63, 3.8) is 0 Å².